The second-order valence-corrected chi connectivity index (χ2v) is 4.40. The summed E-state index contributed by atoms with van der Waals surface area (Å²) in [6, 6.07) is 4.90. The molecule has 1 unspecified atom stereocenters. The molecule has 0 heterocycles. The fourth-order valence-corrected chi connectivity index (χ4v) is 1.56. The van der Waals surface area contributed by atoms with Crippen molar-refractivity contribution >= 4 is 11.6 Å². The van der Waals surface area contributed by atoms with Gasteiger partial charge in [0.25, 0.3) is 0 Å². The maximum atomic E-state index is 11.8. The minimum atomic E-state index is -4.32. The molecule has 1 atom stereocenters. The van der Waals surface area contributed by atoms with Crippen molar-refractivity contribution in [3.63, 3.8) is 0 Å². The van der Waals surface area contributed by atoms with Gasteiger partial charge in [0.2, 0.25) is 0 Å². The molecule has 0 radical (unpaired) electrons. The molecule has 19 heavy (non-hydrogen) atoms. The predicted octanol–water partition coefficient (Wildman–Crippen LogP) is 3.32. The summed E-state index contributed by atoms with van der Waals surface area (Å²) in [5.41, 5.74) is 6.54. The van der Waals surface area contributed by atoms with Gasteiger partial charge < -0.3 is 15.2 Å². The quantitative estimate of drug-likeness (QED) is 0.819. The zero-order chi connectivity index (χ0) is 14.5. The van der Waals surface area contributed by atoms with Crippen LogP contribution < -0.4 is 10.5 Å². The van der Waals surface area contributed by atoms with Crippen LogP contribution in [0.4, 0.5) is 13.2 Å². The number of nitrogens with two attached hydrogens (primary N) is 1. The van der Waals surface area contributed by atoms with E-state index in [0.717, 1.165) is 5.56 Å². The topological polar surface area (TPSA) is 44.5 Å². The maximum absolute atomic E-state index is 11.8. The first kappa shape index (κ1) is 16.1. The molecule has 0 spiro atoms. The van der Waals surface area contributed by atoms with E-state index < -0.39 is 12.8 Å². The molecule has 0 aliphatic heterocycles. The summed E-state index contributed by atoms with van der Waals surface area (Å²) < 4.78 is 45.0. The van der Waals surface area contributed by atoms with Crippen LogP contribution in [0.15, 0.2) is 18.2 Å². The molecule has 1 aromatic rings. The summed E-state index contributed by atoms with van der Waals surface area (Å²) in [6.07, 6.45) is -4.32. The standard InChI is InChI=1S/C12H15ClF3NO2/c1-8(17)9-2-3-11(10(13)6-9)19-5-4-18-7-12(14,15)16/h2-3,6,8H,4-5,7,17H2,1H3. The highest BCUT2D eigenvalue weighted by Crippen LogP contribution is 2.27. The Labute approximate surface area is 114 Å². The van der Waals surface area contributed by atoms with E-state index in [1.807, 2.05) is 6.92 Å². The highest BCUT2D eigenvalue weighted by molar-refractivity contribution is 6.32. The second kappa shape index (κ2) is 6.98. The van der Waals surface area contributed by atoms with Crippen molar-refractivity contribution < 1.29 is 22.6 Å². The molecule has 0 aromatic heterocycles. The molecular weight excluding hydrogens is 283 g/mol. The van der Waals surface area contributed by atoms with Gasteiger partial charge in [-0.2, -0.15) is 13.2 Å². The molecule has 2 N–H and O–H groups in total. The summed E-state index contributed by atoms with van der Waals surface area (Å²) in [5, 5.41) is 0.366. The monoisotopic (exact) mass is 297 g/mol. The zero-order valence-corrected chi connectivity index (χ0v) is 11.1. The highest BCUT2D eigenvalue weighted by Gasteiger charge is 2.27. The van der Waals surface area contributed by atoms with E-state index in [-0.39, 0.29) is 19.3 Å². The number of alkyl halides is 3. The first-order valence-corrected chi connectivity index (χ1v) is 5.99. The molecule has 0 fully saturated rings. The van der Waals surface area contributed by atoms with Gasteiger partial charge in [0.15, 0.2) is 0 Å². The van der Waals surface area contributed by atoms with Gasteiger partial charge in [-0.05, 0) is 24.6 Å². The van der Waals surface area contributed by atoms with Crippen LogP contribution in [-0.2, 0) is 4.74 Å². The molecule has 108 valence electrons. The Balaban J connectivity index is 2.38. The van der Waals surface area contributed by atoms with Crippen molar-refractivity contribution in [3.8, 4) is 5.75 Å². The average molecular weight is 298 g/mol. The van der Waals surface area contributed by atoms with Crippen LogP contribution in [-0.4, -0.2) is 26.0 Å². The Hall–Kier alpha value is -0.980. The van der Waals surface area contributed by atoms with Crippen molar-refractivity contribution in [2.45, 2.75) is 19.1 Å². The van der Waals surface area contributed by atoms with Gasteiger partial charge in [-0.25, -0.2) is 0 Å². The Morgan fingerprint density at radius 2 is 2.00 bits per heavy atom. The average Bonchev–Trinajstić information content (AvgIpc) is 2.28. The number of hydrogen-bond donors (Lipinski definition) is 1. The van der Waals surface area contributed by atoms with Crippen LogP contribution in [0.3, 0.4) is 0 Å². The molecule has 1 rings (SSSR count). The number of hydrogen-bond acceptors (Lipinski definition) is 3. The van der Waals surface area contributed by atoms with E-state index in [1.54, 1.807) is 18.2 Å². The highest BCUT2D eigenvalue weighted by atomic mass is 35.5. The lowest BCUT2D eigenvalue weighted by molar-refractivity contribution is -0.175. The van der Waals surface area contributed by atoms with E-state index in [4.69, 9.17) is 22.1 Å². The molecule has 0 bridgehead atoms. The van der Waals surface area contributed by atoms with Gasteiger partial charge in [-0.15, -0.1) is 0 Å². The SMILES string of the molecule is CC(N)c1ccc(OCCOCC(F)(F)F)c(Cl)c1. The Morgan fingerprint density at radius 1 is 1.32 bits per heavy atom. The molecule has 1 aromatic carbocycles. The van der Waals surface area contributed by atoms with Crippen LogP contribution in [0.5, 0.6) is 5.75 Å². The van der Waals surface area contributed by atoms with Crippen molar-refractivity contribution in [1.82, 2.24) is 0 Å². The number of rotatable bonds is 6. The van der Waals surface area contributed by atoms with E-state index in [1.165, 1.54) is 0 Å². The molecule has 0 saturated heterocycles. The van der Waals surface area contributed by atoms with Gasteiger partial charge in [0.05, 0.1) is 11.6 Å². The normalized spacial score (nSPS) is 13.4. The minimum absolute atomic E-state index is 0.00662. The second-order valence-electron chi connectivity index (χ2n) is 3.99. The predicted molar refractivity (Wildman–Crippen MR) is 66.4 cm³/mol. The van der Waals surface area contributed by atoms with E-state index >= 15 is 0 Å². The van der Waals surface area contributed by atoms with E-state index in [0.29, 0.717) is 10.8 Å². The van der Waals surface area contributed by atoms with Crippen LogP contribution in [0, 0.1) is 0 Å². The fraction of sp³-hybridized carbons (Fsp3) is 0.500. The Kier molecular flexibility index (Phi) is 5.90. The Morgan fingerprint density at radius 3 is 2.53 bits per heavy atom. The summed E-state index contributed by atoms with van der Waals surface area (Å²) in [5.74, 6) is 0.390. The zero-order valence-electron chi connectivity index (χ0n) is 10.3. The molecule has 0 aliphatic rings. The molecule has 0 aliphatic carbocycles. The summed E-state index contributed by atoms with van der Waals surface area (Å²) in [6.45, 7) is 0.364. The van der Waals surface area contributed by atoms with Gasteiger partial charge in [-0.3, -0.25) is 0 Å². The third-order valence-corrected chi connectivity index (χ3v) is 2.53. The van der Waals surface area contributed by atoms with Crippen molar-refractivity contribution in [2.24, 2.45) is 5.73 Å². The van der Waals surface area contributed by atoms with E-state index in [9.17, 15) is 13.2 Å². The maximum Gasteiger partial charge on any atom is 0.411 e. The number of ether oxygens (including phenoxy) is 2. The smallest absolute Gasteiger partial charge is 0.411 e. The molecular formula is C12H15ClF3NO2. The third-order valence-electron chi connectivity index (χ3n) is 2.23. The number of benzene rings is 1. The first-order chi connectivity index (χ1) is 8.79. The van der Waals surface area contributed by atoms with Gasteiger partial charge in [0.1, 0.15) is 19.0 Å². The summed E-state index contributed by atoms with van der Waals surface area (Å²) in [4.78, 5) is 0. The summed E-state index contributed by atoms with van der Waals surface area (Å²) >= 11 is 5.96. The number of halogens is 4. The lowest BCUT2D eigenvalue weighted by Gasteiger charge is -2.12. The first-order valence-electron chi connectivity index (χ1n) is 5.62. The van der Waals surface area contributed by atoms with Crippen molar-refractivity contribution in [1.29, 1.82) is 0 Å². The van der Waals surface area contributed by atoms with Crippen LogP contribution >= 0.6 is 11.6 Å². The lowest BCUT2D eigenvalue weighted by atomic mass is 10.1. The van der Waals surface area contributed by atoms with Crippen LogP contribution in [0.2, 0.25) is 5.02 Å². The molecule has 3 nitrogen and oxygen atoms in total. The Bertz CT molecular complexity index is 410. The van der Waals surface area contributed by atoms with Gasteiger partial charge in [-0.1, -0.05) is 17.7 Å². The third kappa shape index (κ3) is 6.13. The van der Waals surface area contributed by atoms with E-state index in [2.05, 4.69) is 4.74 Å². The summed E-state index contributed by atoms with van der Waals surface area (Å²) in [7, 11) is 0. The minimum Gasteiger partial charge on any atom is -0.490 e. The van der Waals surface area contributed by atoms with Gasteiger partial charge >= 0.3 is 6.18 Å². The molecule has 7 heteroatoms. The van der Waals surface area contributed by atoms with Gasteiger partial charge in [0, 0.05) is 6.04 Å². The lowest BCUT2D eigenvalue weighted by Crippen LogP contribution is -2.19. The molecule has 0 saturated carbocycles. The van der Waals surface area contributed by atoms with Crippen molar-refractivity contribution in [2.75, 3.05) is 19.8 Å². The van der Waals surface area contributed by atoms with Crippen LogP contribution in [0.25, 0.3) is 0 Å². The van der Waals surface area contributed by atoms with Crippen LogP contribution in [0.1, 0.15) is 18.5 Å². The molecule has 0 amide bonds. The largest absolute Gasteiger partial charge is 0.490 e. The fourth-order valence-electron chi connectivity index (χ4n) is 1.32. The van der Waals surface area contributed by atoms with Crippen molar-refractivity contribution in [3.05, 3.63) is 28.8 Å².